The van der Waals surface area contributed by atoms with Crippen molar-refractivity contribution in [2.75, 3.05) is 0 Å². The molecule has 0 saturated carbocycles. The molecule has 0 bridgehead atoms. The van der Waals surface area contributed by atoms with E-state index in [9.17, 15) is 13.2 Å². The highest BCUT2D eigenvalue weighted by Gasteiger charge is 2.31. The zero-order valence-corrected chi connectivity index (χ0v) is 13.9. The molecular weight excluding hydrogens is 363 g/mol. The van der Waals surface area contributed by atoms with Gasteiger partial charge >= 0.3 is 6.18 Å². The van der Waals surface area contributed by atoms with Gasteiger partial charge in [0, 0.05) is 20.3 Å². The molecule has 0 saturated heterocycles. The number of nitrogens with two attached hydrogens (primary N) is 1. The van der Waals surface area contributed by atoms with Gasteiger partial charge in [-0.25, -0.2) is 0 Å². The lowest BCUT2D eigenvalue weighted by molar-refractivity contribution is -0.137. The highest BCUT2D eigenvalue weighted by Crippen LogP contribution is 2.38. The Kier molecular flexibility index (Phi) is 4.80. The SMILES string of the molecule is CC(C)C(N)c1ccc(-c2cc(Br)cc(C(F)(F)F)c2)s1. The summed E-state index contributed by atoms with van der Waals surface area (Å²) in [6.45, 7) is 4.04. The zero-order chi connectivity index (χ0) is 15.8. The fourth-order valence-electron chi connectivity index (χ4n) is 1.91. The van der Waals surface area contributed by atoms with E-state index in [4.69, 9.17) is 5.73 Å². The second-order valence-corrected chi connectivity index (χ2v) is 7.23. The first-order valence-corrected chi connectivity index (χ1v) is 8.03. The van der Waals surface area contributed by atoms with Crippen LogP contribution in [0.2, 0.25) is 0 Å². The third-order valence-electron chi connectivity index (χ3n) is 3.18. The van der Waals surface area contributed by atoms with Crippen LogP contribution in [0.3, 0.4) is 0 Å². The Hall–Kier alpha value is -0.850. The standard InChI is InChI=1S/C15H15BrF3NS/c1-8(2)14(20)13-4-3-12(21-13)9-5-10(15(17,18)19)7-11(16)6-9/h3-8,14H,20H2,1-2H3. The van der Waals surface area contributed by atoms with Crippen molar-refractivity contribution in [2.45, 2.75) is 26.1 Å². The van der Waals surface area contributed by atoms with Gasteiger partial charge in [0.05, 0.1) is 5.56 Å². The normalized spacial score (nSPS) is 13.7. The summed E-state index contributed by atoms with van der Waals surface area (Å²) in [5, 5.41) is 0. The Labute approximate surface area is 134 Å². The minimum atomic E-state index is -4.35. The Morgan fingerprint density at radius 3 is 2.38 bits per heavy atom. The Morgan fingerprint density at radius 2 is 1.81 bits per heavy atom. The van der Waals surface area contributed by atoms with Crippen LogP contribution in [0.25, 0.3) is 10.4 Å². The molecule has 0 radical (unpaired) electrons. The number of alkyl halides is 3. The maximum atomic E-state index is 12.9. The molecule has 1 atom stereocenters. The van der Waals surface area contributed by atoms with Crippen LogP contribution in [0.15, 0.2) is 34.8 Å². The number of hydrogen-bond acceptors (Lipinski definition) is 2. The van der Waals surface area contributed by atoms with Crippen molar-refractivity contribution < 1.29 is 13.2 Å². The van der Waals surface area contributed by atoms with Crippen molar-refractivity contribution >= 4 is 27.3 Å². The lowest BCUT2D eigenvalue weighted by atomic mass is 10.0. The molecular formula is C15H15BrF3NS. The predicted molar refractivity (Wildman–Crippen MR) is 84.2 cm³/mol. The first kappa shape index (κ1) is 16.5. The van der Waals surface area contributed by atoms with Gasteiger partial charge in [0.15, 0.2) is 0 Å². The van der Waals surface area contributed by atoms with Crippen LogP contribution in [0.1, 0.15) is 30.3 Å². The summed E-state index contributed by atoms with van der Waals surface area (Å²) in [5.74, 6) is 0.282. The second-order valence-electron chi connectivity index (χ2n) is 5.20. The smallest absolute Gasteiger partial charge is 0.323 e. The van der Waals surface area contributed by atoms with Gasteiger partial charge in [-0.3, -0.25) is 0 Å². The Morgan fingerprint density at radius 1 is 1.14 bits per heavy atom. The molecule has 1 aromatic carbocycles. The summed E-state index contributed by atoms with van der Waals surface area (Å²) >= 11 is 4.58. The third-order valence-corrected chi connectivity index (χ3v) is 4.88. The molecule has 6 heteroatoms. The van der Waals surface area contributed by atoms with E-state index in [0.29, 0.717) is 10.0 Å². The van der Waals surface area contributed by atoms with E-state index in [0.717, 1.165) is 15.8 Å². The maximum absolute atomic E-state index is 12.9. The Balaban J connectivity index is 2.41. The summed E-state index contributed by atoms with van der Waals surface area (Å²) in [6.07, 6.45) is -4.35. The minimum absolute atomic E-state index is 0.0991. The highest BCUT2D eigenvalue weighted by atomic mass is 79.9. The molecule has 0 aliphatic rings. The van der Waals surface area contributed by atoms with E-state index in [-0.39, 0.29) is 12.0 Å². The van der Waals surface area contributed by atoms with Crippen LogP contribution in [-0.4, -0.2) is 0 Å². The number of thiophene rings is 1. The van der Waals surface area contributed by atoms with Gasteiger partial charge in [-0.15, -0.1) is 11.3 Å². The monoisotopic (exact) mass is 377 g/mol. The van der Waals surface area contributed by atoms with Crippen LogP contribution in [0.5, 0.6) is 0 Å². The summed E-state index contributed by atoms with van der Waals surface area (Å²) in [4.78, 5) is 1.77. The fourth-order valence-corrected chi connectivity index (χ4v) is 3.57. The van der Waals surface area contributed by atoms with Gasteiger partial charge in [0.2, 0.25) is 0 Å². The molecule has 114 valence electrons. The quantitative estimate of drug-likeness (QED) is 0.712. The first-order valence-electron chi connectivity index (χ1n) is 6.42. The molecule has 1 heterocycles. The zero-order valence-electron chi connectivity index (χ0n) is 11.5. The van der Waals surface area contributed by atoms with Crippen molar-refractivity contribution in [1.82, 2.24) is 0 Å². The fraction of sp³-hybridized carbons (Fsp3) is 0.333. The topological polar surface area (TPSA) is 26.0 Å². The molecule has 0 spiro atoms. The number of rotatable bonds is 3. The predicted octanol–water partition coefficient (Wildman–Crippen LogP) is 5.85. The summed E-state index contributed by atoms with van der Waals surface area (Å²) < 4.78 is 39.0. The van der Waals surface area contributed by atoms with Gasteiger partial charge < -0.3 is 5.73 Å². The lowest BCUT2D eigenvalue weighted by Crippen LogP contribution is -2.14. The van der Waals surface area contributed by atoms with Gasteiger partial charge in [0.1, 0.15) is 0 Å². The summed E-state index contributed by atoms with van der Waals surface area (Å²) in [5.41, 5.74) is 5.97. The number of halogens is 4. The molecule has 0 amide bonds. The molecule has 0 fully saturated rings. The van der Waals surface area contributed by atoms with E-state index in [1.54, 1.807) is 6.07 Å². The van der Waals surface area contributed by atoms with Crippen molar-refractivity contribution in [2.24, 2.45) is 11.7 Å². The summed E-state index contributed by atoms with van der Waals surface area (Å²) in [7, 11) is 0. The van der Waals surface area contributed by atoms with Gasteiger partial charge in [-0.05, 0) is 41.8 Å². The minimum Gasteiger partial charge on any atom is -0.323 e. The lowest BCUT2D eigenvalue weighted by Gasteiger charge is -2.13. The maximum Gasteiger partial charge on any atom is 0.416 e. The molecule has 2 rings (SSSR count). The highest BCUT2D eigenvalue weighted by molar-refractivity contribution is 9.10. The van der Waals surface area contributed by atoms with Crippen molar-refractivity contribution in [3.8, 4) is 10.4 Å². The van der Waals surface area contributed by atoms with Crippen molar-refractivity contribution in [1.29, 1.82) is 0 Å². The molecule has 1 aromatic heterocycles. The Bertz CT molecular complexity index is 634. The van der Waals surface area contributed by atoms with E-state index in [1.807, 2.05) is 26.0 Å². The van der Waals surface area contributed by atoms with Crippen molar-refractivity contribution in [3.63, 3.8) is 0 Å². The first-order chi connectivity index (χ1) is 9.68. The van der Waals surface area contributed by atoms with E-state index in [1.165, 1.54) is 17.4 Å². The van der Waals surface area contributed by atoms with Gasteiger partial charge in [0.25, 0.3) is 0 Å². The third kappa shape index (κ3) is 3.87. The van der Waals surface area contributed by atoms with Crippen LogP contribution >= 0.6 is 27.3 Å². The second kappa shape index (κ2) is 6.10. The van der Waals surface area contributed by atoms with E-state index in [2.05, 4.69) is 15.9 Å². The van der Waals surface area contributed by atoms with Crippen LogP contribution < -0.4 is 5.73 Å². The average molecular weight is 378 g/mol. The summed E-state index contributed by atoms with van der Waals surface area (Å²) in [6, 6.07) is 7.55. The van der Waals surface area contributed by atoms with Crippen LogP contribution in [0, 0.1) is 5.92 Å². The molecule has 2 N–H and O–H groups in total. The van der Waals surface area contributed by atoms with E-state index >= 15 is 0 Å². The molecule has 1 unspecified atom stereocenters. The molecule has 2 aromatic rings. The molecule has 21 heavy (non-hydrogen) atoms. The molecule has 0 aliphatic heterocycles. The number of hydrogen-bond donors (Lipinski definition) is 1. The van der Waals surface area contributed by atoms with Crippen molar-refractivity contribution in [3.05, 3.63) is 45.2 Å². The largest absolute Gasteiger partial charge is 0.416 e. The molecule has 1 nitrogen and oxygen atoms in total. The average Bonchev–Trinajstić information content (AvgIpc) is 2.85. The number of benzene rings is 1. The van der Waals surface area contributed by atoms with Crippen LogP contribution in [0.4, 0.5) is 13.2 Å². The van der Waals surface area contributed by atoms with Gasteiger partial charge in [-0.1, -0.05) is 29.8 Å². The van der Waals surface area contributed by atoms with Gasteiger partial charge in [-0.2, -0.15) is 13.2 Å². The van der Waals surface area contributed by atoms with E-state index < -0.39 is 11.7 Å². The molecule has 0 aliphatic carbocycles. The van der Waals surface area contributed by atoms with Crippen LogP contribution in [-0.2, 0) is 6.18 Å².